The molecule has 0 fully saturated rings. The lowest BCUT2D eigenvalue weighted by Gasteiger charge is -2.07. The van der Waals surface area contributed by atoms with Crippen LogP contribution in [0.2, 0.25) is 0 Å². The molecule has 0 saturated heterocycles. The molecule has 2 aromatic rings. The molecule has 0 atom stereocenters. The van der Waals surface area contributed by atoms with Crippen molar-refractivity contribution in [1.82, 2.24) is 5.32 Å². The summed E-state index contributed by atoms with van der Waals surface area (Å²) in [6.45, 7) is 3.60. The van der Waals surface area contributed by atoms with E-state index in [0.29, 0.717) is 16.1 Å². The van der Waals surface area contributed by atoms with Crippen LogP contribution in [0.3, 0.4) is 0 Å². The summed E-state index contributed by atoms with van der Waals surface area (Å²) in [6.07, 6.45) is -0.849. The fourth-order valence-corrected chi connectivity index (χ4v) is 3.01. The average Bonchev–Trinajstić information content (AvgIpc) is 2.82. The number of nitrogens with one attached hydrogen (secondary N) is 2. The molecule has 0 bridgehead atoms. The van der Waals surface area contributed by atoms with Crippen molar-refractivity contribution in [2.75, 3.05) is 12.4 Å². The number of anilines is 1. The van der Waals surface area contributed by atoms with Gasteiger partial charge in [-0.05, 0) is 31.5 Å². The molecular formula is C16H16N2O4S. The second-order valence-electron chi connectivity index (χ2n) is 4.75. The highest BCUT2D eigenvalue weighted by Gasteiger charge is 2.23. The Morgan fingerprint density at radius 3 is 2.30 bits per heavy atom. The first-order valence-electron chi connectivity index (χ1n) is 6.79. The second-order valence-corrected chi connectivity index (χ2v) is 5.98. The van der Waals surface area contributed by atoms with E-state index >= 15 is 0 Å². The molecule has 0 aliphatic rings. The first-order valence-corrected chi connectivity index (χ1v) is 7.61. The van der Waals surface area contributed by atoms with E-state index in [1.54, 1.807) is 31.2 Å². The number of hydrogen-bond acceptors (Lipinski definition) is 5. The Hall–Kier alpha value is -2.67. The SMILES string of the molecule is COC(=O)NC(=O)c1c(NC(=O)c2ccccc2)sc(C)c1C. The fraction of sp³-hybridized carbons (Fsp3) is 0.188. The van der Waals surface area contributed by atoms with E-state index in [4.69, 9.17) is 0 Å². The molecule has 7 heteroatoms. The van der Waals surface area contributed by atoms with Gasteiger partial charge < -0.3 is 10.1 Å². The zero-order valence-corrected chi connectivity index (χ0v) is 13.7. The molecule has 0 saturated carbocycles. The monoisotopic (exact) mass is 332 g/mol. The number of hydrogen-bond donors (Lipinski definition) is 2. The molecular weight excluding hydrogens is 316 g/mol. The van der Waals surface area contributed by atoms with E-state index in [-0.39, 0.29) is 11.5 Å². The van der Waals surface area contributed by atoms with Crippen LogP contribution < -0.4 is 10.6 Å². The number of rotatable bonds is 3. The van der Waals surface area contributed by atoms with Crippen molar-refractivity contribution in [3.8, 4) is 0 Å². The third-order valence-electron chi connectivity index (χ3n) is 3.28. The number of thiophene rings is 1. The van der Waals surface area contributed by atoms with Crippen molar-refractivity contribution in [2.24, 2.45) is 0 Å². The molecule has 2 rings (SSSR count). The van der Waals surface area contributed by atoms with Gasteiger partial charge >= 0.3 is 6.09 Å². The maximum Gasteiger partial charge on any atom is 0.413 e. The number of benzene rings is 1. The van der Waals surface area contributed by atoms with Crippen molar-refractivity contribution >= 4 is 34.2 Å². The van der Waals surface area contributed by atoms with Crippen molar-refractivity contribution in [1.29, 1.82) is 0 Å². The van der Waals surface area contributed by atoms with Crippen LogP contribution in [-0.2, 0) is 4.74 Å². The first-order chi connectivity index (χ1) is 10.9. The molecule has 23 heavy (non-hydrogen) atoms. The number of aryl methyl sites for hydroxylation is 1. The summed E-state index contributed by atoms with van der Waals surface area (Å²) in [6, 6.07) is 8.68. The van der Waals surface area contributed by atoms with Crippen LogP contribution in [0.1, 0.15) is 31.2 Å². The number of imide groups is 1. The van der Waals surface area contributed by atoms with Crippen LogP contribution in [0.4, 0.5) is 9.80 Å². The molecule has 3 amide bonds. The van der Waals surface area contributed by atoms with E-state index in [1.165, 1.54) is 18.4 Å². The summed E-state index contributed by atoms with van der Waals surface area (Å²) in [5, 5.41) is 5.23. The van der Waals surface area contributed by atoms with Crippen molar-refractivity contribution in [3.05, 3.63) is 51.9 Å². The minimum Gasteiger partial charge on any atom is -0.453 e. The van der Waals surface area contributed by atoms with Gasteiger partial charge in [0, 0.05) is 10.4 Å². The Morgan fingerprint density at radius 1 is 1.04 bits per heavy atom. The van der Waals surface area contributed by atoms with Gasteiger partial charge in [0.05, 0.1) is 12.7 Å². The van der Waals surface area contributed by atoms with Gasteiger partial charge in [0.2, 0.25) is 0 Å². The Labute approximate surface area is 137 Å². The van der Waals surface area contributed by atoms with Gasteiger partial charge in [-0.15, -0.1) is 11.3 Å². The Bertz CT molecular complexity index is 753. The molecule has 0 spiro atoms. The van der Waals surface area contributed by atoms with E-state index < -0.39 is 12.0 Å². The number of methoxy groups -OCH3 is 1. The molecule has 2 N–H and O–H groups in total. The van der Waals surface area contributed by atoms with Crippen LogP contribution in [-0.4, -0.2) is 25.0 Å². The largest absolute Gasteiger partial charge is 0.453 e. The number of alkyl carbamates (subject to hydrolysis) is 1. The van der Waals surface area contributed by atoms with E-state index in [2.05, 4.69) is 15.4 Å². The van der Waals surface area contributed by atoms with E-state index in [1.807, 2.05) is 13.0 Å². The number of amides is 3. The minimum atomic E-state index is -0.849. The highest BCUT2D eigenvalue weighted by atomic mass is 32.1. The van der Waals surface area contributed by atoms with Gasteiger partial charge in [0.25, 0.3) is 11.8 Å². The van der Waals surface area contributed by atoms with Crippen LogP contribution in [0, 0.1) is 13.8 Å². The van der Waals surface area contributed by atoms with Gasteiger partial charge in [-0.25, -0.2) is 4.79 Å². The minimum absolute atomic E-state index is 0.266. The third-order valence-corrected chi connectivity index (χ3v) is 4.40. The van der Waals surface area contributed by atoms with Gasteiger partial charge in [-0.2, -0.15) is 0 Å². The third kappa shape index (κ3) is 3.75. The van der Waals surface area contributed by atoms with Crippen LogP contribution >= 0.6 is 11.3 Å². The molecule has 0 aliphatic carbocycles. The van der Waals surface area contributed by atoms with Crippen LogP contribution in [0.5, 0.6) is 0 Å². The molecule has 1 aromatic heterocycles. The summed E-state index contributed by atoms with van der Waals surface area (Å²) in [4.78, 5) is 36.6. The fourth-order valence-electron chi connectivity index (χ4n) is 1.96. The Morgan fingerprint density at radius 2 is 1.70 bits per heavy atom. The number of carbonyl (C=O) groups excluding carboxylic acids is 3. The van der Waals surface area contributed by atoms with E-state index in [0.717, 1.165) is 4.88 Å². The second kappa shape index (κ2) is 7.06. The summed E-state index contributed by atoms with van der Waals surface area (Å²) in [7, 11) is 1.17. The van der Waals surface area contributed by atoms with Crippen molar-refractivity contribution < 1.29 is 19.1 Å². The molecule has 1 heterocycles. The number of ether oxygens (including phenoxy) is 1. The zero-order valence-electron chi connectivity index (χ0n) is 12.9. The van der Waals surface area contributed by atoms with Crippen molar-refractivity contribution in [3.63, 3.8) is 0 Å². The molecule has 120 valence electrons. The van der Waals surface area contributed by atoms with Gasteiger partial charge in [0.15, 0.2) is 0 Å². The van der Waals surface area contributed by atoms with E-state index in [9.17, 15) is 14.4 Å². The smallest absolute Gasteiger partial charge is 0.413 e. The predicted octanol–water partition coefficient (Wildman–Crippen LogP) is 3.11. The number of carbonyl (C=O) groups is 3. The standard InChI is InChI=1S/C16H16N2O4S/c1-9-10(2)23-15(12(9)14(20)18-16(21)22-3)17-13(19)11-7-5-4-6-8-11/h4-8H,1-3H3,(H,17,19)(H,18,20,21). The Balaban J connectivity index is 2.29. The quantitative estimate of drug-likeness (QED) is 0.904. The lowest BCUT2D eigenvalue weighted by atomic mass is 10.1. The van der Waals surface area contributed by atoms with Crippen molar-refractivity contribution in [2.45, 2.75) is 13.8 Å². The molecule has 0 unspecified atom stereocenters. The topological polar surface area (TPSA) is 84.5 Å². The van der Waals surface area contributed by atoms with Gasteiger partial charge in [-0.3, -0.25) is 14.9 Å². The first kappa shape index (κ1) is 16.7. The summed E-state index contributed by atoms with van der Waals surface area (Å²) in [5.41, 5.74) is 1.46. The highest BCUT2D eigenvalue weighted by molar-refractivity contribution is 7.16. The normalized spacial score (nSPS) is 10.0. The predicted molar refractivity (Wildman–Crippen MR) is 88.1 cm³/mol. The lowest BCUT2D eigenvalue weighted by Crippen LogP contribution is -2.31. The Kier molecular flexibility index (Phi) is 5.13. The summed E-state index contributed by atoms with van der Waals surface area (Å²) in [5.74, 6) is -0.930. The zero-order chi connectivity index (χ0) is 17.0. The maximum atomic E-state index is 12.3. The molecule has 1 aromatic carbocycles. The highest BCUT2D eigenvalue weighted by Crippen LogP contribution is 2.32. The summed E-state index contributed by atoms with van der Waals surface area (Å²) >= 11 is 1.28. The van der Waals surface area contributed by atoms with Crippen LogP contribution in [0.25, 0.3) is 0 Å². The maximum absolute atomic E-state index is 12.3. The molecule has 0 aliphatic heterocycles. The van der Waals surface area contributed by atoms with Crippen LogP contribution in [0.15, 0.2) is 30.3 Å². The van der Waals surface area contributed by atoms with Gasteiger partial charge in [-0.1, -0.05) is 18.2 Å². The average molecular weight is 332 g/mol. The summed E-state index contributed by atoms with van der Waals surface area (Å²) < 4.78 is 4.42. The van der Waals surface area contributed by atoms with Gasteiger partial charge in [0.1, 0.15) is 5.00 Å². The molecule has 6 nitrogen and oxygen atoms in total. The lowest BCUT2D eigenvalue weighted by molar-refractivity contribution is 0.0937. The molecule has 0 radical (unpaired) electrons.